The van der Waals surface area contributed by atoms with Crippen molar-refractivity contribution in [2.75, 3.05) is 13.1 Å². The molecule has 148 valence electrons. The maximum Gasteiger partial charge on any atom is 0.191 e. The first kappa shape index (κ1) is 21.7. The summed E-state index contributed by atoms with van der Waals surface area (Å²) in [5, 5.41) is 15.3. The Morgan fingerprint density at radius 1 is 1.19 bits per heavy atom. The third kappa shape index (κ3) is 5.67. The normalized spacial score (nSPS) is 15.1. The van der Waals surface area contributed by atoms with Crippen LogP contribution in [-0.2, 0) is 19.0 Å². The van der Waals surface area contributed by atoms with Gasteiger partial charge in [0.15, 0.2) is 11.8 Å². The Labute approximate surface area is 179 Å². The van der Waals surface area contributed by atoms with E-state index in [0.717, 1.165) is 43.5 Å². The van der Waals surface area contributed by atoms with Gasteiger partial charge in [-0.25, -0.2) is 4.99 Å². The first-order valence-electron chi connectivity index (χ1n) is 9.57. The van der Waals surface area contributed by atoms with Crippen molar-refractivity contribution in [2.24, 2.45) is 12.0 Å². The fourth-order valence-corrected chi connectivity index (χ4v) is 3.06. The van der Waals surface area contributed by atoms with E-state index >= 15 is 0 Å². The summed E-state index contributed by atoms with van der Waals surface area (Å²) in [6.07, 6.45) is 4.76. The molecule has 1 saturated carbocycles. The lowest BCUT2D eigenvalue weighted by molar-refractivity contribution is 0.637. The van der Waals surface area contributed by atoms with Crippen LogP contribution < -0.4 is 10.6 Å². The van der Waals surface area contributed by atoms with E-state index in [1.165, 1.54) is 18.4 Å². The number of benzene rings is 1. The van der Waals surface area contributed by atoms with Crippen LogP contribution in [0.3, 0.4) is 0 Å². The van der Waals surface area contributed by atoms with E-state index in [9.17, 15) is 0 Å². The molecule has 0 aliphatic heterocycles. The minimum atomic E-state index is 0. The molecule has 1 aliphatic carbocycles. The molecule has 1 aromatic heterocycles. The van der Waals surface area contributed by atoms with Gasteiger partial charge in [0.25, 0.3) is 0 Å². The first-order valence-corrected chi connectivity index (χ1v) is 9.57. The highest BCUT2D eigenvalue weighted by atomic mass is 127. The Balaban J connectivity index is 0.00000261. The summed E-state index contributed by atoms with van der Waals surface area (Å²) in [6.45, 7) is 6.51. The van der Waals surface area contributed by atoms with Gasteiger partial charge in [-0.05, 0) is 31.7 Å². The number of nitrogens with one attached hydrogen (secondary N) is 2. The maximum absolute atomic E-state index is 4.74. The Kier molecular flexibility index (Phi) is 8.07. The third-order valence-electron chi connectivity index (χ3n) is 5.22. The van der Waals surface area contributed by atoms with E-state index < -0.39 is 0 Å². The van der Waals surface area contributed by atoms with Gasteiger partial charge in [-0.3, -0.25) is 0 Å². The summed E-state index contributed by atoms with van der Waals surface area (Å²) in [4.78, 5) is 4.74. The summed E-state index contributed by atoms with van der Waals surface area (Å²) < 4.78 is 1.99. The first-order chi connectivity index (χ1) is 12.6. The molecule has 7 heteroatoms. The van der Waals surface area contributed by atoms with Crippen molar-refractivity contribution in [3.05, 3.63) is 47.5 Å². The minimum Gasteiger partial charge on any atom is -0.356 e. The second-order valence-electron chi connectivity index (χ2n) is 7.17. The molecule has 2 aromatic rings. The number of guanidine groups is 1. The minimum absolute atomic E-state index is 0. The Bertz CT molecular complexity index is 736. The zero-order valence-corrected chi connectivity index (χ0v) is 18.9. The van der Waals surface area contributed by atoms with Crippen LogP contribution >= 0.6 is 24.0 Å². The molecule has 0 bridgehead atoms. The number of halogens is 1. The second-order valence-corrected chi connectivity index (χ2v) is 7.17. The fourth-order valence-electron chi connectivity index (χ4n) is 3.06. The zero-order chi connectivity index (χ0) is 18.4. The quantitative estimate of drug-likeness (QED) is 0.262. The van der Waals surface area contributed by atoms with E-state index in [2.05, 4.69) is 58.1 Å². The van der Waals surface area contributed by atoms with Crippen LogP contribution in [0, 0.1) is 6.92 Å². The van der Waals surface area contributed by atoms with Gasteiger partial charge < -0.3 is 15.2 Å². The molecule has 1 fully saturated rings. The molecule has 0 amide bonds. The van der Waals surface area contributed by atoms with Crippen molar-refractivity contribution >= 4 is 29.9 Å². The van der Waals surface area contributed by atoms with Crippen LogP contribution in [0.4, 0.5) is 0 Å². The van der Waals surface area contributed by atoms with Crippen molar-refractivity contribution in [1.29, 1.82) is 0 Å². The number of hydrogen-bond donors (Lipinski definition) is 2. The topological polar surface area (TPSA) is 67.1 Å². The van der Waals surface area contributed by atoms with Crippen molar-refractivity contribution in [3.63, 3.8) is 0 Å². The van der Waals surface area contributed by atoms with E-state index in [-0.39, 0.29) is 29.4 Å². The van der Waals surface area contributed by atoms with Gasteiger partial charge in [0.05, 0.1) is 0 Å². The molecule has 1 aromatic carbocycles. The SMILES string of the molecule is CCCCNC(=NCc1nnc(C)n1C)NCC1(c2ccccc2)CC1.I. The van der Waals surface area contributed by atoms with Crippen LogP contribution in [-0.4, -0.2) is 33.8 Å². The lowest BCUT2D eigenvalue weighted by Crippen LogP contribution is -2.41. The Morgan fingerprint density at radius 2 is 1.93 bits per heavy atom. The van der Waals surface area contributed by atoms with Crippen LogP contribution in [0.1, 0.15) is 49.8 Å². The van der Waals surface area contributed by atoms with E-state index in [0.29, 0.717) is 6.54 Å². The molecule has 0 saturated heterocycles. The number of hydrogen-bond acceptors (Lipinski definition) is 3. The van der Waals surface area contributed by atoms with Gasteiger partial charge in [-0.1, -0.05) is 43.7 Å². The number of unbranched alkanes of at least 4 members (excludes halogenated alkanes) is 1. The number of nitrogens with zero attached hydrogens (tertiary/aromatic N) is 4. The van der Waals surface area contributed by atoms with E-state index in [1.54, 1.807) is 0 Å². The zero-order valence-electron chi connectivity index (χ0n) is 16.5. The highest BCUT2D eigenvalue weighted by Gasteiger charge is 2.43. The van der Waals surface area contributed by atoms with Gasteiger partial charge >= 0.3 is 0 Å². The lowest BCUT2D eigenvalue weighted by atomic mass is 9.96. The predicted octanol–water partition coefficient (Wildman–Crippen LogP) is 3.31. The van der Waals surface area contributed by atoms with Crippen LogP contribution in [0.2, 0.25) is 0 Å². The number of aromatic nitrogens is 3. The molecule has 2 N–H and O–H groups in total. The average Bonchev–Trinajstić information content (AvgIpc) is 3.40. The third-order valence-corrected chi connectivity index (χ3v) is 5.22. The summed E-state index contributed by atoms with van der Waals surface area (Å²) in [5.74, 6) is 2.65. The summed E-state index contributed by atoms with van der Waals surface area (Å²) >= 11 is 0. The molecule has 6 nitrogen and oxygen atoms in total. The molecule has 27 heavy (non-hydrogen) atoms. The number of aryl methyl sites for hydroxylation is 1. The molecule has 3 rings (SSSR count). The standard InChI is InChI=1S/C20H30N6.HI/c1-4-5-13-21-19(22-14-18-25-24-16(2)26(18)3)23-15-20(11-12-20)17-9-7-6-8-10-17;/h6-10H,4-5,11-15H2,1-3H3,(H2,21,22,23);1H. The van der Waals surface area contributed by atoms with Gasteiger partial charge in [-0.15, -0.1) is 34.2 Å². The number of rotatable bonds is 8. The van der Waals surface area contributed by atoms with Crippen molar-refractivity contribution in [1.82, 2.24) is 25.4 Å². The predicted molar refractivity (Wildman–Crippen MR) is 121 cm³/mol. The van der Waals surface area contributed by atoms with Crippen LogP contribution in [0.15, 0.2) is 35.3 Å². The summed E-state index contributed by atoms with van der Waals surface area (Å²) in [5.41, 5.74) is 1.68. The van der Waals surface area contributed by atoms with Gasteiger partial charge in [0.1, 0.15) is 12.4 Å². The van der Waals surface area contributed by atoms with Crippen molar-refractivity contribution in [2.45, 2.75) is 51.5 Å². The van der Waals surface area contributed by atoms with Gasteiger partial charge in [0.2, 0.25) is 0 Å². The second kappa shape index (κ2) is 10.1. The Hall–Kier alpha value is -1.64. The smallest absolute Gasteiger partial charge is 0.191 e. The van der Waals surface area contributed by atoms with Gasteiger partial charge in [-0.2, -0.15) is 0 Å². The molecular formula is C20H31IN6. The summed E-state index contributed by atoms with van der Waals surface area (Å²) in [6, 6.07) is 10.8. The van der Waals surface area contributed by atoms with Crippen molar-refractivity contribution < 1.29 is 0 Å². The van der Waals surface area contributed by atoms with Crippen molar-refractivity contribution in [3.8, 4) is 0 Å². The van der Waals surface area contributed by atoms with Gasteiger partial charge in [0, 0.05) is 25.6 Å². The average molecular weight is 482 g/mol. The highest BCUT2D eigenvalue weighted by Crippen LogP contribution is 2.47. The van der Waals surface area contributed by atoms with Crippen LogP contribution in [0.25, 0.3) is 0 Å². The van der Waals surface area contributed by atoms with E-state index in [4.69, 9.17) is 4.99 Å². The maximum atomic E-state index is 4.74. The molecule has 0 unspecified atom stereocenters. The van der Waals surface area contributed by atoms with Crippen LogP contribution in [0.5, 0.6) is 0 Å². The molecule has 0 atom stereocenters. The monoisotopic (exact) mass is 482 g/mol. The largest absolute Gasteiger partial charge is 0.356 e. The molecule has 1 aliphatic rings. The fraction of sp³-hybridized carbons (Fsp3) is 0.550. The Morgan fingerprint density at radius 3 is 2.52 bits per heavy atom. The highest BCUT2D eigenvalue weighted by molar-refractivity contribution is 14.0. The molecular weight excluding hydrogens is 451 g/mol. The molecule has 0 spiro atoms. The summed E-state index contributed by atoms with van der Waals surface area (Å²) in [7, 11) is 1.98. The molecule has 0 radical (unpaired) electrons. The molecule has 1 heterocycles. The van der Waals surface area contributed by atoms with E-state index in [1.807, 2.05) is 18.5 Å². The lowest BCUT2D eigenvalue weighted by Gasteiger charge is -2.19. The number of aliphatic imine (C=N–C) groups is 1.